The van der Waals surface area contributed by atoms with Crippen LogP contribution < -0.4 is 11.1 Å². The van der Waals surface area contributed by atoms with Gasteiger partial charge in [-0.1, -0.05) is 12.1 Å². The lowest BCUT2D eigenvalue weighted by molar-refractivity contribution is 0.796. The summed E-state index contributed by atoms with van der Waals surface area (Å²) in [6.45, 7) is 0. The van der Waals surface area contributed by atoms with Crippen LogP contribution in [0.5, 0.6) is 0 Å². The zero-order valence-corrected chi connectivity index (χ0v) is 12.6. The summed E-state index contributed by atoms with van der Waals surface area (Å²) in [6, 6.07) is 11.4. The van der Waals surface area contributed by atoms with Gasteiger partial charge in [0.25, 0.3) is 0 Å². The van der Waals surface area contributed by atoms with Crippen LogP contribution in [0.2, 0.25) is 0 Å². The van der Waals surface area contributed by atoms with Crippen molar-refractivity contribution in [1.82, 2.24) is 13.7 Å². The number of aryl methyl sites for hydroxylation is 3. The van der Waals surface area contributed by atoms with Crippen molar-refractivity contribution in [3.8, 4) is 0 Å². The Morgan fingerprint density at radius 1 is 0.727 bits per heavy atom. The summed E-state index contributed by atoms with van der Waals surface area (Å²) < 4.78 is 5.13. The lowest BCUT2D eigenvalue weighted by Crippen LogP contribution is -2.19. The lowest BCUT2D eigenvalue weighted by Gasteiger charge is -2.11. The molecule has 4 aromatic rings. The Labute approximate surface area is 125 Å². The maximum absolute atomic E-state index is 13.0. The molecule has 0 amide bonds. The number of hydrogen-bond acceptors (Lipinski definition) is 2. The highest BCUT2D eigenvalue weighted by Gasteiger charge is 2.16. The Hall–Kier alpha value is -2.82. The van der Waals surface area contributed by atoms with Crippen molar-refractivity contribution >= 4 is 32.8 Å². The molecule has 0 saturated heterocycles. The fourth-order valence-corrected chi connectivity index (χ4v) is 3.33. The predicted octanol–water partition coefficient (Wildman–Crippen LogP) is 1.88. The van der Waals surface area contributed by atoms with E-state index in [1.807, 2.05) is 48.0 Å². The Morgan fingerprint density at radius 2 is 1.41 bits per heavy atom. The molecule has 0 unspecified atom stereocenters. The van der Waals surface area contributed by atoms with Crippen molar-refractivity contribution in [2.75, 3.05) is 0 Å². The van der Waals surface area contributed by atoms with Gasteiger partial charge in [-0.15, -0.1) is 0 Å². The van der Waals surface area contributed by atoms with Crippen molar-refractivity contribution in [2.45, 2.75) is 0 Å². The molecule has 0 bridgehead atoms. The van der Waals surface area contributed by atoms with E-state index in [2.05, 4.69) is 0 Å². The molecule has 4 rings (SSSR count). The van der Waals surface area contributed by atoms with Crippen molar-refractivity contribution < 1.29 is 0 Å². The van der Waals surface area contributed by atoms with E-state index in [4.69, 9.17) is 0 Å². The zero-order chi connectivity index (χ0) is 15.6. The Bertz CT molecular complexity index is 1190. The molecule has 0 fully saturated rings. The van der Waals surface area contributed by atoms with Gasteiger partial charge in [-0.3, -0.25) is 13.9 Å². The minimum Gasteiger partial charge on any atom is -0.343 e. The molecule has 0 N–H and O–H groups in total. The van der Waals surface area contributed by atoms with Crippen LogP contribution >= 0.6 is 0 Å². The van der Waals surface area contributed by atoms with Gasteiger partial charge in [-0.25, -0.2) is 4.79 Å². The summed E-state index contributed by atoms with van der Waals surface area (Å²) in [5.74, 6) is 0. The molecule has 0 spiro atoms. The van der Waals surface area contributed by atoms with E-state index in [1.54, 1.807) is 23.2 Å². The van der Waals surface area contributed by atoms with Crippen LogP contribution in [0.15, 0.2) is 46.0 Å². The summed E-state index contributed by atoms with van der Waals surface area (Å²) in [4.78, 5) is 25.2. The second-order valence-electron chi connectivity index (χ2n) is 5.63. The fourth-order valence-electron chi connectivity index (χ4n) is 3.33. The number of benzene rings is 2. The van der Waals surface area contributed by atoms with Gasteiger partial charge in [-0.2, -0.15) is 0 Å². The quantitative estimate of drug-likeness (QED) is 0.465. The first-order chi connectivity index (χ1) is 10.5. The Morgan fingerprint density at radius 3 is 2.18 bits per heavy atom. The average molecular weight is 293 g/mol. The van der Waals surface area contributed by atoms with E-state index in [0.717, 1.165) is 16.6 Å². The molecule has 0 aliphatic rings. The number of rotatable bonds is 0. The largest absolute Gasteiger partial charge is 0.343 e. The van der Waals surface area contributed by atoms with Crippen LogP contribution in [0.4, 0.5) is 0 Å². The number of aromatic nitrogens is 3. The number of hydrogen-bond donors (Lipinski definition) is 0. The van der Waals surface area contributed by atoms with E-state index in [9.17, 15) is 9.59 Å². The normalized spacial score (nSPS) is 11.8. The van der Waals surface area contributed by atoms with Gasteiger partial charge in [0.15, 0.2) is 5.43 Å². The summed E-state index contributed by atoms with van der Waals surface area (Å²) in [5, 5.41) is 1.26. The molecule has 110 valence electrons. The first kappa shape index (κ1) is 12.9. The second-order valence-corrected chi connectivity index (χ2v) is 5.63. The molecule has 22 heavy (non-hydrogen) atoms. The first-order valence-corrected chi connectivity index (χ1v) is 7.08. The number of para-hydroxylation sites is 1. The van der Waals surface area contributed by atoms with Crippen molar-refractivity contribution in [1.29, 1.82) is 0 Å². The molecule has 2 heterocycles. The molecule has 0 saturated carbocycles. The first-order valence-electron chi connectivity index (χ1n) is 7.08. The third-order valence-electron chi connectivity index (χ3n) is 4.50. The third kappa shape index (κ3) is 1.38. The van der Waals surface area contributed by atoms with Crippen molar-refractivity contribution in [3.05, 3.63) is 57.1 Å². The predicted molar refractivity (Wildman–Crippen MR) is 88.4 cm³/mol. The summed E-state index contributed by atoms with van der Waals surface area (Å²) in [7, 11) is 5.37. The highest BCUT2D eigenvalue weighted by Crippen LogP contribution is 2.24. The Kier molecular flexibility index (Phi) is 2.40. The SMILES string of the molecule is Cn1c(=O)n(C)c2c3c(=O)c4ccccc4n(C)c3ccc21. The molecular formula is C17H15N3O2. The average Bonchev–Trinajstić information content (AvgIpc) is 2.77. The van der Waals surface area contributed by atoms with Crippen LogP contribution in [-0.4, -0.2) is 13.7 Å². The standard InChI is InChI=1S/C17H15N3O2/c1-18-11-7-5-4-6-10(11)16(21)14-12(18)8-9-13-15(14)20(3)17(22)19(13)2/h4-9H,1-3H3. The number of nitrogens with zero attached hydrogens (tertiary/aromatic N) is 3. The minimum absolute atomic E-state index is 0.0319. The summed E-state index contributed by atoms with van der Waals surface area (Å²) in [5.41, 5.74) is 3.02. The summed E-state index contributed by atoms with van der Waals surface area (Å²) >= 11 is 0. The van der Waals surface area contributed by atoms with E-state index in [1.165, 1.54) is 0 Å². The molecule has 5 nitrogen and oxygen atoms in total. The highest BCUT2D eigenvalue weighted by molar-refractivity contribution is 6.07. The maximum Gasteiger partial charge on any atom is 0.328 e. The Balaban J connectivity index is 2.46. The van der Waals surface area contributed by atoms with Crippen LogP contribution in [-0.2, 0) is 21.1 Å². The van der Waals surface area contributed by atoms with Gasteiger partial charge in [0, 0.05) is 26.5 Å². The minimum atomic E-state index is -0.127. The fraction of sp³-hybridized carbons (Fsp3) is 0.176. The molecule has 2 aromatic carbocycles. The number of imidazole rings is 1. The number of fused-ring (bicyclic) bond motifs is 4. The van der Waals surface area contributed by atoms with E-state index < -0.39 is 0 Å². The lowest BCUT2D eigenvalue weighted by atomic mass is 10.1. The maximum atomic E-state index is 13.0. The third-order valence-corrected chi connectivity index (χ3v) is 4.50. The van der Waals surface area contributed by atoms with Crippen LogP contribution in [0, 0.1) is 0 Å². The van der Waals surface area contributed by atoms with Gasteiger partial charge in [-0.05, 0) is 24.3 Å². The van der Waals surface area contributed by atoms with E-state index in [-0.39, 0.29) is 11.1 Å². The molecule has 0 aliphatic carbocycles. The second kappa shape index (κ2) is 4.10. The zero-order valence-electron chi connectivity index (χ0n) is 12.6. The van der Waals surface area contributed by atoms with Crippen molar-refractivity contribution in [2.24, 2.45) is 21.1 Å². The molecule has 2 aromatic heterocycles. The van der Waals surface area contributed by atoms with E-state index >= 15 is 0 Å². The highest BCUT2D eigenvalue weighted by atomic mass is 16.1. The molecular weight excluding hydrogens is 278 g/mol. The van der Waals surface area contributed by atoms with Crippen molar-refractivity contribution in [3.63, 3.8) is 0 Å². The topological polar surface area (TPSA) is 48.9 Å². The smallest absolute Gasteiger partial charge is 0.328 e. The number of pyridine rings is 1. The van der Waals surface area contributed by atoms with Gasteiger partial charge < -0.3 is 4.57 Å². The van der Waals surface area contributed by atoms with Gasteiger partial charge in [0.1, 0.15) is 0 Å². The molecule has 0 radical (unpaired) electrons. The monoisotopic (exact) mass is 293 g/mol. The molecule has 0 atom stereocenters. The van der Waals surface area contributed by atoms with Crippen LogP contribution in [0.3, 0.4) is 0 Å². The molecule has 5 heteroatoms. The van der Waals surface area contributed by atoms with Crippen LogP contribution in [0.1, 0.15) is 0 Å². The van der Waals surface area contributed by atoms with E-state index in [0.29, 0.717) is 16.3 Å². The van der Waals surface area contributed by atoms with Crippen LogP contribution in [0.25, 0.3) is 32.8 Å². The van der Waals surface area contributed by atoms with Gasteiger partial charge >= 0.3 is 5.69 Å². The summed E-state index contributed by atoms with van der Waals surface area (Å²) in [6.07, 6.45) is 0. The van der Waals surface area contributed by atoms with Gasteiger partial charge in [0.2, 0.25) is 0 Å². The van der Waals surface area contributed by atoms with Gasteiger partial charge in [0.05, 0.1) is 27.5 Å². The molecule has 0 aliphatic heterocycles.